The van der Waals surface area contributed by atoms with E-state index in [-0.39, 0.29) is 24.4 Å². The van der Waals surface area contributed by atoms with Crippen molar-refractivity contribution in [1.82, 2.24) is 15.2 Å². The van der Waals surface area contributed by atoms with Gasteiger partial charge < -0.3 is 15.2 Å². The summed E-state index contributed by atoms with van der Waals surface area (Å²) in [5.41, 5.74) is 3.37. The van der Waals surface area contributed by atoms with Gasteiger partial charge in [-0.2, -0.15) is 0 Å². The number of rotatable bonds is 6. The zero-order valence-electron chi connectivity index (χ0n) is 16.2. The van der Waals surface area contributed by atoms with Gasteiger partial charge in [0.25, 0.3) is 0 Å². The Hall–Kier alpha value is -2.30. The molecule has 0 unspecified atom stereocenters. The third-order valence-electron chi connectivity index (χ3n) is 5.78. The topological polar surface area (TPSA) is 48.1 Å². The minimum atomic E-state index is 0. The van der Waals surface area contributed by atoms with Crippen molar-refractivity contribution >= 4 is 29.2 Å². The molecule has 0 aliphatic carbocycles. The Kier molecular flexibility index (Phi) is 6.76. The summed E-state index contributed by atoms with van der Waals surface area (Å²) in [7, 11) is 1.96. The molecule has 1 saturated heterocycles. The molecule has 0 spiro atoms. The van der Waals surface area contributed by atoms with E-state index in [4.69, 9.17) is 0 Å². The summed E-state index contributed by atoms with van der Waals surface area (Å²) in [4.78, 5) is 18.4. The van der Waals surface area contributed by atoms with Gasteiger partial charge in [0, 0.05) is 24.1 Å². The van der Waals surface area contributed by atoms with E-state index in [1.54, 1.807) is 0 Å². The second-order valence-corrected chi connectivity index (χ2v) is 7.56. The van der Waals surface area contributed by atoms with Gasteiger partial charge in [0.2, 0.25) is 5.91 Å². The monoisotopic (exact) mass is 397 g/mol. The molecule has 1 aliphatic rings. The molecular weight excluding hydrogens is 370 g/mol. The fraction of sp³-hybridized carbons (Fsp3) is 0.348. The van der Waals surface area contributed by atoms with E-state index in [1.165, 1.54) is 12.0 Å². The standard InChI is InChI=1S/C23H27N3O.ClH/c1-26(23(27)14-19-16-25-21-10-6-5-9-20(19)21)22(13-17-11-12-24-15-17)18-7-3-2-4-8-18;/h2-10,16-17,22,24-25H,11-15H2,1H3;1H/t17-,22-;/m0./s1. The predicted molar refractivity (Wildman–Crippen MR) is 117 cm³/mol. The SMILES string of the molecule is CN(C(=O)Cc1c[nH]c2ccccc12)[C@@H](C[C@@H]1CCNC1)c1ccccc1.Cl. The maximum absolute atomic E-state index is 13.1. The molecule has 1 aromatic heterocycles. The molecule has 1 fully saturated rings. The molecule has 2 aromatic carbocycles. The highest BCUT2D eigenvalue weighted by atomic mass is 35.5. The van der Waals surface area contributed by atoms with Crippen LogP contribution in [-0.4, -0.2) is 35.9 Å². The lowest BCUT2D eigenvalue weighted by Crippen LogP contribution is -2.34. The Morgan fingerprint density at radius 1 is 1.14 bits per heavy atom. The molecule has 4 rings (SSSR count). The number of fused-ring (bicyclic) bond motifs is 1. The van der Waals surface area contributed by atoms with Crippen molar-refractivity contribution in [2.75, 3.05) is 20.1 Å². The van der Waals surface area contributed by atoms with E-state index in [2.05, 4.69) is 40.6 Å². The fourth-order valence-corrected chi connectivity index (χ4v) is 4.16. The van der Waals surface area contributed by atoms with Crippen LogP contribution in [-0.2, 0) is 11.2 Å². The number of aromatic nitrogens is 1. The normalized spacial score (nSPS) is 17.2. The number of halogens is 1. The van der Waals surface area contributed by atoms with Gasteiger partial charge in [0.15, 0.2) is 0 Å². The van der Waals surface area contributed by atoms with E-state index in [0.29, 0.717) is 12.3 Å². The Morgan fingerprint density at radius 2 is 1.89 bits per heavy atom. The van der Waals surface area contributed by atoms with Crippen LogP contribution in [0.25, 0.3) is 10.9 Å². The molecule has 2 N–H and O–H groups in total. The number of likely N-dealkylation sites (N-methyl/N-ethyl adjacent to an activating group) is 1. The number of amides is 1. The smallest absolute Gasteiger partial charge is 0.227 e. The summed E-state index contributed by atoms with van der Waals surface area (Å²) >= 11 is 0. The molecule has 4 nitrogen and oxygen atoms in total. The molecule has 5 heteroatoms. The van der Waals surface area contributed by atoms with Crippen molar-refractivity contribution in [2.45, 2.75) is 25.3 Å². The van der Waals surface area contributed by atoms with Gasteiger partial charge in [0.05, 0.1) is 12.5 Å². The molecular formula is C23H28ClN3O. The van der Waals surface area contributed by atoms with E-state index < -0.39 is 0 Å². The minimum absolute atomic E-state index is 0. The molecule has 148 valence electrons. The Labute approximate surface area is 172 Å². The number of nitrogens with zero attached hydrogens (tertiary/aromatic N) is 1. The summed E-state index contributed by atoms with van der Waals surface area (Å²) in [5.74, 6) is 0.790. The zero-order chi connectivity index (χ0) is 18.6. The summed E-state index contributed by atoms with van der Waals surface area (Å²) < 4.78 is 0. The first-order chi connectivity index (χ1) is 13.2. The highest BCUT2D eigenvalue weighted by Crippen LogP contribution is 2.30. The Morgan fingerprint density at radius 3 is 2.64 bits per heavy atom. The molecule has 1 amide bonds. The fourth-order valence-electron chi connectivity index (χ4n) is 4.16. The second kappa shape index (κ2) is 9.26. The van der Waals surface area contributed by atoms with Crippen LogP contribution in [0.5, 0.6) is 0 Å². The number of H-pyrrole nitrogens is 1. The molecule has 2 heterocycles. The highest BCUT2D eigenvalue weighted by Gasteiger charge is 2.27. The lowest BCUT2D eigenvalue weighted by molar-refractivity contribution is -0.131. The first-order valence-electron chi connectivity index (χ1n) is 9.78. The third-order valence-corrected chi connectivity index (χ3v) is 5.78. The number of benzene rings is 2. The number of para-hydroxylation sites is 1. The first kappa shape index (κ1) is 20.4. The summed E-state index contributed by atoms with van der Waals surface area (Å²) in [6.07, 6.45) is 4.59. The van der Waals surface area contributed by atoms with Crippen molar-refractivity contribution < 1.29 is 4.79 Å². The lowest BCUT2D eigenvalue weighted by Gasteiger charge is -2.31. The molecule has 2 atom stereocenters. The van der Waals surface area contributed by atoms with Crippen LogP contribution in [0.4, 0.5) is 0 Å². The van der Waals surface area contributed by atoms with Crippen LogP contribution in [0, 0.1) is 5.92 Å². The largest absolute Gasteiger partial charge is 0.361 e. The van der Waals surface area contributed by atoms with Crippen LogP contribution >= 0.6 is 12.4 Å². The highest BCUT2D eigenvalue weighted by molar-refractivity contribution is 5.89. The molecule has 1 aliphatic heterocycles. The number of aromatic amines is 1. The van der Waals surface area contributed by atoms with Crippen molar-refractivity contribution in [3.8, 4) is 0 Å². The number of hydrogen-bond donors (Lipinski definition) is 2. The second-order valence-electron chi connectivity index (χ2n) is 7.56. The minimum Gasteiger partial charge on any atom is -0.361 e. The van der Waals surface area contributed by atoms with Crippen molar-refractivity contribution in [2.24, 2.45) is 5.92 Å². The maximum atomic E-state index is 13.1. The molecule has 0 radical (unpaired) electrons. The van der Waals surface area contributed by atoms with Crippen LogP contribution in [0.15, 0.2) is 60.8 Å². The van der Waals surface area contributed by atoms with Crippen LogP contribution in [0.3, 0.4) is 0 Å². The van der Waals surface area contributed by atoms with Crippen LogP contribution < -0.4 is 5.32 Å². The summed E-state index contributed by atoms with van der Waals surface area (Å²) in [5, 5.41) is 4.58. The van der Waals surface area contributed by atoms with Gasteiger partial charge in [-0.1, -0.05) is 48.5 Å². The van der Waals surface area contributed by atoms with E-state index >= 15 is 0 Å². The number of carbonyl (C=O) groups is 1. The predicted octanol–water partition coefficient (Wildman–Crippen LogP) is 4.33. The first-order valence-corrected chi connectivity index (χ1v) is 9.78. The average molecular weight is 398 g/mol. The third kappa shape index (κ3) is 4.40. The van der Waals surface area contributed by atoms with E-state index in [9.17, 15) is 4.79 Å². The number of carbonyl (C=O) groups excluding carboxylic acids is 1. The van der Waals surface area contributed by atoms with E-state index in [1.807, 2.05) is 42.4 Å². The van der Waals surface area contributed by atoms with E-state index in [0.717, 1.165) is 36.0 Å². The van der Waals surface area contributed by atoms with Gasteiger partial charge in [-0.05, 0) is 49.0 Å². The van der Waals surface area contributed by atoms with Gasteiger partial charge >= 0.3 is 0 Å². The average Bonchev–Trinajstić information content (AvgIpc) is 3.36. The molecule has 3 aromatic rings. The van der Waals surface area contributed by atoms with Crippen molar-refractivity contribution in [3.05, 3.63) is 71.9 Å². The Balaban J connectivity index is 0.00000225. The van der Waals surface area contributed by atoms with Crippen molar-refractivity contribution in [1.29, 1.82) is 0 Å². The van der Waals surface area contributed by atoms with Crippen molar-refractivity contribution in [3.63, 3.8) is 0 Å². The van der Waals surface area contributed by atoms with Crippen LogP contribution in [0.1, 0.15) is 30.0 Å². The van der Waals surface area contributed by atoms with Gasteiger partial charge in [-0.15, -0.1) is 12.4 Å². The number of hydrogen-bond acceptors (Lipinski definition) is 2. The molecule has 0 saturated carbocycles. The molecule has 28 heavy (non-hydrogen) atoms. The maximum Gasteiger partial charge on any atom is 0.227 e. The van der Waals surface area contributed by atoms with Gasteiger partial charge in [-0.3, -0.25) is 4.79 Å². The quantitative estimate of drug-likeness (QED) is 0.650. The summed E-state index contributed by atoms with van der Waals surface area (Å²) in [6.45, 7) is 2.13. The summed E-state index contributed by atoms with van der Waals surface area (Å²) in [6, 6.07) is 18.7. The van der Waals surface area contributed by atoms with Crippen LogP contribution in [0.2, 0.25) is 0 Å². The lowest BCUT2D eigenvalue weighted by atomic mass is 9.92. The van der Waals surface area contributed by atoms with Gasteiger partial charge in [-0.25, -0.2) is 0 Å². The number of nitrogens with one attached hydrogen (secondary N) is 2. The zero-order valence-corrected chi connectivity index (χ0v) is 17.0. The molecule has 0 bridgehead atoms. The Bertz CT molecular complexity index is 902. The van der Waals surface area contributed by atoms with Gasteiger partial charge in [0.1, 0.15) is 0 Å².